The Morgan fingerprint density at radius 3 is 2.18 bits per heavy atom. The Bertz CT molecular complexity index is 137. The zero-order valence-corrected chi connectivity index (χ0v) is 8.57. The van der Waals surface area contributed by atoms with E-state index < -0.39 is 0 Å². The van der Waals surface area contributed by atoms with Crippen molar-refractivity contribution in [3.63, 3.8) is 0 Å². The minimum atomic E-state index is 0.0376. The molecule has 0 rings (SSSR count). The Labute approximate surface area is 75.8 Å². The van der Waals surface area contributed by atoms with Crippen molar-refractivity contribution in [1.82, 2.24) is 0 Å². The first-order valence-electron chi connectivity index (χ1n) is 4.07. The van der Waals surface area contributed by atoms with Crippen LogP contribution >= 0.6 is 12.6 Å². The van der Waals surface area contributed by atoms with E-state index in [9.17, 15) is 0 Å². The third-order valence-corrected chi connectivity index (χ3v) is 1.41. The van der Waals surface area contributed by atoms with E-state index in [1.165, 1.54) is 0 Å². The summed E-state index contributed by atoms with van der Waals surface area (Å²) in [4.78, 5) is 0. The zero-order chi connectivity index (χ0) is 8.74. The van der Waals surface area contributed by atoms with Crippen molar-refractivity contribution in [2.45, 2.75) is 38.4 Å². The van der Waals surface area contributed by atoms with Gasteiger partial charge in [-0.2, -0.15) is 12.6 Å². The predicted molar refractivity (Wildman–Crippen MR) is 56.3 cm³/mol. The van der Waals surface area contributed by atoms with Crippen molar-refractivity contribution < 1.29 is 0 Å². The number of rotatable bonds is 4. The molecule has 0 saturated heterocycles. The molecule has 0 nitrogen and oxygen atoms in total. The van der Waals surface area contributed by atoms with E-state index in [-0.39, 0.29) is 4.75 Å². The average Bonchev–Trinajstić information content (AvgIpc) is 1.85. The number of hydrogen-bond acceptors (Lipinski definition) is 1. The van der Waals surface area contributed by atoms with Crippen molar-refractivity contribution >= 4 is 12.6 Å². The molecule has 11 heavy (non-hydrogen) atoms. The molecule has 0 aliphatic heterocycles. The van der Waals surface area contributed by atoms with Gasteiger partial charge in [0.25, 0.3) is 0 Å². The monoisotopic (exact) mass is 170 g/mol. The standard InChI is InChI=1S/C10H18S/c1-4-5-6-7-8-9-10(2,3)11/h4-5,8-9,11H,6-7H2,1-3H3/b5-4+,9-8+. The minimum Gasteiger partial charge on any atom is -0.169 e. The maximum Gasteiger partial charge on any atom is 0.0252 e. The second-order valence-electron chi connectivity index (χ2n) is 3.20. The smallest absolute Gasteiger partial charge is 0.0252 e. The third-order valence-electron chi connectivity index (χ3n) is 1.26. The van der Waals surface area contributed by atoms with Crippen LogP contribution in [0, 0.1) is 0 Å². The van der Waals surface area contributed by atoms with Gasteiger partial charge < -0.3 is 0 Å². The molecule has 0 saturated carbocycles. The van der Waals surface area contributed by atoms with Crippen molar-refractivity contribution in [3.05, 3.63) is 24.3 Å². The van der Waals surface area contributed by atoms with Crippen molar-refractivity contribution in [3.8, 4) is 0 Å². The van der Waals surface area contributed by atoms with Crippen molar-refractivity contribution in [2.24, 2.45) is 0 Å². The van der Waals surface area contributed by atoms with Crippen LogP contribution in [-0.4, -0.2) is 4.75 Å². The zero-order valence-electron chi connectivity index (χ0n) is 7.67. The lowest BCUT2D eigenvalue weighted by Gasteiger charge is -2.09. The van der Waals surface area contributed by atoms with Crippen LogP contribution in [0.2, 0.25) is 0 Å². The molecule has 0 aromatic carbocycles. The fourth-order valence-corrected chi connectivity index (χ4v) is 0.836. The van der Waals surface area contributed by atoms with E-state index in [4.69, 9.17) is 0 Å². The second kappa shape index (κ2) is 5.48. The Morgan fingerprint density at radius 1 is 1.18 bits per heavy atom. The summed E-state index contributed by atoms with van der Waals surface area (Å²) in [7, 11) is 0. The molecule has 0 N–H and O–H groups in total. The van der Waals surface area contributed by atoms with Crippen LogP contribution in [0.4, 0.5) is 0 Å². The first-order valence-corrected chi connectivity index (χ1v) is 4.52. The molecule has 0 bridgehead atoms. The molecule has 0 atom stereocenters. The Balaban J connectivity index is 3.45. The van der Waals surface area contributed by atoms with Gasteiger partial charge in [0.2, 0.25) is 0 Å². The van der Waals surface area contributed by atoms with Gasteiger partial charge in [0.1, 0.15) is 0 Å². The third kappa shape index (κ3) is 9.83. The highest BCUT2D eigenvalue weighted by atomic mass is 32.1. The summed E-state index contributed by atoms with van der Waals surface area (Å²) in [6.45, 7) is 6.22. The molecule has 0 radical (unpaired) electrons. The normalized spacial score (nSPS) is 13.5. The first kappa shape index (κ1) is 10.8. The highest BCUT2D eigenvalue weighted by molar-refractivity contribution is 7.82. The number of thiol groups is 1. The molecule has 0 aliphatic carbocycles. The SMILES string of the molecule is C/C=C/CC/C=C/C(C)(C)S. The summed E-state index contributed by atoms with van der Waals surface area (Å²) in [6, 6.07) is 0. The molecular weight excluding hydrogens is 152 g/mol. The lowest BCUT2D eigenvalue weighted by Crippen LogP contribution is -2.03. The Morgan fingerprint density at radius 2 is 1.73 bits per heavy atom. The van der Waals surface area contributed by atoms with Crippen molar-refractivity contribution in [2.75, 3.05) is 0 Å². The maximum absolute atomic E-state index is 4.37. The topological polar surface area (TPSA) is 0 Å². The summed E-state index contributed by atoms with van der Waals surface area (Å²) in [5.41, 5.74) is 0. The summed E-state index contributed by atoms with van der Waals surface area (Å²) in [5.74, 6) is 0. The minimum absolute atomic E-state index is 0.0376. The van der Waals surface area contributed by atoms with Gasteiger partial charge in [0, 0.05) is 4.75 Å². The largest absolute Gasteiger partial charge is 0.169 e. The van der Waals surface area contributed by atoms with Gasteiger partial charge in [-0.25, -0.2) is 0 Å². The molecule has 0 fully saturated rings. The van der Waals surface area contributed by atoms with Crippen LogP contribution in [0.25, 0.3) is 0 Å². The average molecular weight is 170 g/mol. The van der Waals surface area contributed by atoms with Crippen LogP contribution < -0.4 is 0 Å². The fourth-order valence-electron chi connectivity index (χ4n) is 0.731. The van der Waals surface area contributed by atoms with Crippen LogP contribution in [0.5, 0.6) is 0 Å². The van der Waals surface area contributed by atoms with E-state index in [2.05, 4.69) is 50.8 Å². The molecule has 0 aromatic rings. The summed E-state index contributed by atoms with van der Waals surface area (Å²) >= 11 is 4.37. The number of unbranched alkanes of at least 4 members (excludes halogenated alkanes) is 1. The number of hydrogen-bond donors (Lipinski definition) is 1. The molecule has 0 heterocycles. The maximum atomic E-state index is 4.37. The molecule has 0 aromatic heterocycles. The van der Waals surface area contributed by atoms with E-state index in [1.54, 1.807) is 0 Å². The van der Waals surface area contributed by atoms with Gasteiger partial charge in [0.05, 0.1) is 0 Å². The van der Waals surface area contributed by atoms with Gasteiger partial charge in [-0.3, -0.25) is 0 Å². The quantitative estimate of drug-likeness (QED) is 0.372. The molecule has 64 valence electrons. The van der Waals surface area contributed by atoms with Crippen LogP contribution in [0.1, 0.15) is 33.6 Å². The predicted octanol–water partition coefficient (Wildman–Crippen LogP) is 3.61. The van der Waals surface area contributed by atoms with Gasteiger partial charge in [-0.05, 0) is 33.6 Å². The fraction of sp³-hybridized carbons (Fsp3) is 0.600. The van der Waals surface area contributed by atoms with Gasteiger partial charge in [-0.15, -0.1) is 0 Å². The molecule has 0 spiro atoms. The molecule has 1 heteroatoms. The lowest BCUT2D eigenvalue weighted by molar-refractivity contribution is 0.894. The summed E-state index contributed by atoms with van der Waals surface area (Å²) in [5, 5.41) is 0. The first-order chi connectivity index (χ1) is 5.06. The molecule has 0 aliphatic rings. The van der Waals surface area contributed by atoms with E-state index >= 15 is 0 Å². The van der Waals surface area contributed by atoms with Crippen LogP contribution in [0.3, 0.4) is 0 Å². The highest BCUT2D eigenvalue weighted by Crippen LogP contribution is 2.13. The highest BCUT2D eigenvalue weighted by Gasteiger charge is 2.03. The van der Waals surface area contributed by atoms with Crippen molar-refractivity contribution in [1.29, 1.82) is 0 Å². The van der Waals surface area contributed by atoms with Crippen LogP contribution in [0.15, 0.2) is 24.3 Å². The molecule has 0 amide bonds. The van der Waals surface area contributed by atoms with E-state index in [1.807, 2.05) is 6.92 Å². The van der Waals surface area contributed by atoms with Gasteiger partial charge in [0.15, 0.2) is 0 Å². The van der Waals surface area contributed by atoms with Gasteiger partial charge >= 0.3 is 0 Å². The number of allylic oxidation sites excluding steroid dienone is 3. The molecule has 0 unspecified atom stereocenters. The lowest BCUT2D eigenvalue weighted by atomic mass is 10.1. The van der Waals surface area contributed by atoms with Crippen LogP contribution in [-0.2, 0) is 0 Å². The van der Waals surface area contributed by atoms with E-state index in [0.29, 0.717) is 0 Å². The van der Waals surface area contributed by atoms with Gasteiger partial charge in [-0.1, -0.05) is 24.3 Å². The Hall–Kier alpha value is -0.170. The summed E-state index contributed by atoms with van der Waals surface area (Å²) < 4.78 is 0.0376. The summed E-state index contributed by atoms with van der Waals surface area (Å²) in [6.07, 6.45) is 10.8. The Kier molecular flexibility index (Phi) is 5.39. The second-order valence-corrected chi connectivity index (χ2v) is 4.36. The van der Waals surface area contributed by atoms with E-state index in [0.717, 1.165) is 12.8 Å². The molecular formula is C10H18S.